The average molecular weight is 229 g/mol. The van der Waals surface area contributed by atoms with Gasteiger partial charge >= 0.3 is 0 Å². The highest BCUT2D eigenvalue weighted by atomic mass is 32.2. The summed E-state index contributed by atoms with van der Waals surface area (Å²) in [4.78, 5) is 0. The second kappa shape index (κ2) is 8.46. The van der Waals surface area contributed by atoms with Crippen LogP contribution in [0.25, 0.3) is 0 Å². The molecular formula is C13H27NS. The quantitative estimate of drug-likeness (QED) is 0.712. The summed E-state index contributed by atoms with van der Waals surface area (Å²) in [5, 5.41) is 4.42. The fourth-order valence-corrected chi connectivity index (χ4v) is 3.75. The van der Waals surface area contributed by atoms with E-state index in [-0.39, 0.29) is 0 Å². The predicted molar refractivity (Wildman–Crippen MR) is 71.7 cm³/mol. The lowest BCUT2D eigenvalue weighted by Gasteiger charge is -2.23. The third-order valence-corrected chi connectivity index (χ3v) is 4.94. The molecule has 1 aliphatic carbocycles. The van der Waals surface area contributed by atoms with Crippen molar-refractivity contribution in [2.75, 3.05) is 12.8 Å². The number of thioether (sulfide) groups is 1. The first-order valence-corrected chi connectivity index (χ1v) is 7.70. The van der Waals surface area contributed by atoms with Crippen molar-refractivity contribution in [1.29, 1.82) is 0 Å². The molecule has 1 fully saturated rings. The summed E-state index contributed by atoms with van der Waals surface area (Å²) in [5.41, 5.74) is 0. The molecule has 0 aliphatic heterocycles. The van der Waals surface area contributed by atoms with Gasteiger partial charge in [-0.15, -0.1) is 0 Å². The van der Waals surface area contributed by atoms with Gasteiger partial charge in [0.25, 0.3) is 0 Å². The smallest absolute Gasteiger partial charge is 0.0155 e. The Morgan fingerprint density at radius 3 is 2.60 bits per heavy atom. The van der Waals surface area contributed by atoms with Crippen LogP contribution in [-0.4, -0.2) is 24.1 Å². The van der Waals surface area contributed by atoms with E-state index in [0.717, 1.165) is 11.3 Å². The zero-order chi connectivity index (χ0) is 10.9. The molecular weight excluding hydrogens is 202 g/mol. The molecule has 15 heavy (non-hydrogen) atoms. The van der Waals surface area contributed by atoms with Crippen LogP contribution in [-0.2, 0) is 0 Å². The molecule has 0 aromatic heterocycles. The Hall–Kier alpha value is 0.310. The number of hydrogen-bond donors (Lipinski definition) is 1. The molecule has 2 heteroatoms. The van der Waals surface area contributed by atoms with E-state index in [2.05, 4.69) is 31.1 Å². The van der Waals surface area contributed by atoms with Crippen LogP contribution in [0.4, 0.5) is 0 Å². The third kappa shape index (κ3) is 5.82. The van der Waals surface area contributed by atoms with Crippen molar-refractivity contribution >= 4 is 11.8 Å². The molecule has 0 spiro atoms. The van der Waals surface area contributed by atoms with Gasteiger partial charge in [0.15, 0.2) is 0 Å². The second-order valence-corrected chi connectivity index (χ2v) is 6.05. The maximum Gasteiger partial charge on any atom is 0.0155 e. The van der Waals surface area contributed by atoms with Crippen LogP contribution < -0.4 is 5.32 Å². The largest absolute Gasteiger partial charge is 0.316 e. The Labute approximate surface area is 99.8 Å². The molecule has 1 N–H and O–H groups in total. The summed E-state index contributed by atoms with van der Waals surface area (Å²) in [5.74, 6) is 1.32. The minimum absolute atomic E-state index is 0.747. The van der Waals surface area contributed by atoms with Crippen LogP contribution in [0.2, 0.25) is 0 Å². The van der Waals surface area contributed by atoms with Gasteiger partial charge < -0.3 is 5.32 Å². The fourth-order valence-electron chi connectivity index (χ4n) is 2.25. The van der Waals surface area contributed by atoms with Gasteiger partial charge in [-0.2, -0.15) is 11.8 Å². The van der Waals surface area contributed by atoms with Crippen LogP contribution in [0.3, 0.4) is 0 Å². The molecule has 0 heterocycles. The zero-order valence-corrected chi connectivity index (χ0v) is 11.2. The Morgan fingerprint density at radius 1 is 1.27 bits per heavy atom. The molecule has 1 rings (SSSR count). The highest BCUT2D eigenvalue weighted by Crippen LogP contribution is 2.28. The predicted octanol–water partition coefficient (Wildman–Crippen LogP) is 3.83. The molecule has 0 saturated heterocycles. The van der Waals surface area contributed by atoms with Crippen molar-refractivity contribution in [3.8, 4) is 0 Å². The number of unbranched alkanes of at least 4 members (excludes halogenated alkanes) is 1. The topological polar surface area (TPSA) is 12.0 Å². The zero-order valence-electron chi connectivity index (χ0n) is 10.4. The summed E-state index contributed by atoms with van der Waals surface area (Å²) in [7, 11) is 2.11. The monoisotopic (exact) mass is 229 g/mol. The first-order valence-electron chi connectivity index (χ1n) is 6.65. The third-order valence-electron chi connectivity index (χ3n) is 3.40. The number of hydrogen-bond acceptors (Lipinski definition) is 2. The Kier molecular flexibility index (Phi) is 7.54. The van der Waals surface area contributed by atoms with Crippen molar-refractivity contribution in [2.45, 2.75) is 69.6 Å². The van der Waals surface area contributed by atoms with E-state index in [9.17, 15) is 0 Å². The van der Waals surface area contributed by atoms with Crippen LogP contribution in [0, 0.1) is 0 Å². The number of nitrogens with one attached hydrogen (secondary N) is 1. The molecule has 0 amide bonds. The normalized spacial score (nSPS) is 20.4. The lowest BCUT2D eigenvalue weighted by molar-refractivity contribution is 0.510. The Balaban J connectivity index is 2.09. The average Bonchev–Trinajstić information content (AvgIpc) is 2.31. The van der Waals surface area contributed by atoms with Crippen LogP contribution >= 0.6 is 11.8 Å². The van der Waals surface area contributed by atoms with Gasteiger partial charge in [-0.3, -0.25) is 0 Å². The van der Waals surface area contributed by atoms with E-state index in [4.69, 9.17) is 0 Å². The van der Waals surface area contributed by atoms with Crippen LogP contribution in [0.5, 0.6) is 0 Å². The van der Waals surface area contributed by atoms with E-state index >= 15 is 0 Å². The van der Waals surface area contributed by atoms with E-state index in [1.807, 2.05) is 0 Å². The van der Waals surface area contributed by atoms with Crippen LogP contribution in [0.1, 0.15) is 58.3 Å². The Morgan fingerprint density at radius 2 is 2.00 bits per heavy atom. The molecule has 0 aromatic rings. The lowest BCUT2D eigenvalue weighted by Crippen LogP contribution is -2.28. The number of rotatable bonds is 7. The van der Waals surface area contributed by atoms with E-state index in [0.29, 0.717) is 0 Å². The maximum absolute atomic E-state index is 3.46. The summed E-state index contributed by atoms with van der Waals surface area (Å²) >= 11 is 2.22. The SMILES string of the molecule is CCCCC(CSC1CCCCC1)NC. The van der Waals surface area contributed by atoms with Crippen molar-refractivity contribution < 1.29 is 0 Å². The van der Waals surface area contributed by atoms with Crippen molar-refractivity contribution in [1.82, 2.24) is 5.32 Å². The molecule has 0 aromatic carbocycles. The van der Waals surface area contributed by atoms with Gasteiger partial charge in [0.05, 0.1) is 0 Å². The second-order valence-electron chi connectivity index (χ2n) is 4.72. The molecule has 1 unspecified atom stereocenters. The summed E-state index contributed by atoms with van der Waals surface area (Å²) in [6.45, 7) is 2.28. The fraction of sp³-hybridized carbons (Fsp3) is 1.00. The minimum atomic E-state index is 0.747. The minimum Gasteiger partial charge on any atom is -0.316 e. The molecule has 1 nitrogen and oxygen atoms in total. The summed E-state index contributed by atoms with van der Waals surface area (Å²) in [6, 6.07) is 0.747. The van der Waals surface area contributed by atoms with Gasteiger partial charge in [0, 0.05) is 17.0 Å². The molecule has 1 aliphatic rings. The first kappa shape index (κ1) is 13.4. The van der Waals surface area contributed by atoms with Crippen molar-refractivity contribution in [3.05, 3.63) is 0 Å². The van der Waals surface area contributed by atoms with Gasteiger partial charge in [-0.1, -0.05) is 39.0 Å². The molecule has 90 valence electrons. The van der Waals surface area contributed by atoms with E-state index < -0.39 is 0 Å². The Bertz CT molecular complexity index is 143. The highest BCUT2D eigenvalue weighted by molar-refractivity contribution is 7.99. The van der Waals surface area contributed by atoms with Gasteiger partial charge in [0.1, 0.15) is 0 Å². The standard InChI is InChI=1S/C13H27NS/c1-3-4-8-12(14-2)11-15-13-9-6-5-7-10-13/h12-14H,3-11H2,1-2H3. The molecule has 1 atom stereocenters. The van der Waals surface area contributed by atoms with Gasteiger partial charge in [-0.25, -0.2) is 0 Å². The van der Waals surface area contributed by atoms with Crippen molar-refractivity contribution in [3.63, 3.8) is 0 Å². The van der Waals surface area contributed by atoms with E-state index in [1.54, 1.807) is 0 Å². The van der Waals surface area contributed by atoms with Gasteiger partial charge in [-0.05, 0) is 26.3 Å². The molecule has 0 radical (unpaired) electrons. The molecule has 1 saturated carbocycles. The summed E-state index contributed by atoms with van der Waals surface area (Å²) < 4.78 is 0. The maximum atomic E-state index is 3.46. The van der Waals surface area contributed by atoms with E-state index in [1.165, 1.54) is 57.1 Å². The van der Waals surface area contributed by atoms with Crippen LogP contribution in [0.15, 0.2) is 0 Å². The highest BCUT2D eigenvalue weighted by Gasteiger charge is 2.15. The molecule has 0 bridgehead atoms. The van der Waals surface area contributed by atoms with Gasteiger partial charge in [0.2, 0.25) is 0 Å². The lowest BCUT2D eigenvalue weighted by atomic mass is 10.0. The van der Waals surface area contributed by atoms with Crippen molar-refractivity contribution in [2.24, 2.45) is 0 Å². The first-order chi connectivity index (χ1) is 7.36. The summed E-state index contributed by atoms with van der Waals surface area (Å²) in [6.07, 6.45) is 11.4.